The monoisotopic (exact) mass is 728 g/mol. The molecule has 0 aliphatic carbocycles. The fourth-order valence-corrected chi connectivity index (χ4v) is 5.88. The van der Waals surface area contributed by atoms with Crippen molar-refractivity contribution in [1.29, 1.82) is 0 Å². The predicted molar refractivity (Wildman–Crippen MR) is 210 cm³/mol. The summed E-state index contributed by atoms with van der Waals surface area (Å²) in [7, 11) is 0. The lowest BCUT2D eigenvalue weighted by Gasteiger charge is -2.18. The number of carbonyl (C=O) groups is 2. The van der Waals surface area contributed by atoms with Crippen LogP contribution in [0.4, 0.5) is 5.95 Å². The van der Waals surface area contributed by atoms with Crippen LogP contribution in [0, 0.1) is 0 Å². The molecule has 0 aromatic carbocycles. The second-order valence-electron chi connectivity index (χ2n) is 13.9. The zero-order valence-corrected chi connectivity index (χ0v) is 32.4. The molecule has 0 spiro atoms. The third-order valence-corrected chi connectivity index (χ3v) is 9.09. The molecule has 2 heterocycles. The Labute approximate surface area is 312 Å². The number of rotatable bonds is 33. The molecule has 2 aromatic rings. The molecule has 0 fully saturated rings. The van der Waals surface area contributed by atoms with Crippen LogP contribution in [-0.2, 0) is 30.5 Å². The van der Waals surface area contributed by atoms with Crippen LogP contribution in [-0.4, -0.2) is 50.8 Å². The number of anilines is 1. The second-order valence-corrected chi connectivity index (χ2v) is 13.9. The molecule has 2 rings (SSSR count). The number of aromatic nitrogens is 4. The number of aromatic amines is 1. The fraction of sp³-hybridized carbons (Fsp3) is 0.732. The van der Waals surface area contributed by atoms with Gasteiger partial charge >= 0.3 is 11.9 Å². The number of ether oxygens (including phenoxy) is 3. The summed E-state index contributed by atoms with van der Waals surface area (Å²) in [5.74, 6) is -0.640. The molecular weight excluding hydrogens is 658 g/mol. The standard InChI is InChI=1S/C41H69N5O6/c1-3-5-7-9-11-13-15-17-19-21-23-25-27-29-36(47)50-31-35(52-34-46-33-43-38-39(46)44-41(42)45-40(38)49)32-51-37(48)30-28-26-24-22-20-18-16-14-12-10-8-6-4-2/h13-16,33,35H,3-12,17-32,34H2,1-2H3,(H3,42,44,45,49)/b15-13-,16-14-. The summed E-state index contributed by atoms with van der Waals surface area (Å²) >= 11 is 0. The molecule has 0 atom stereocenters. The molecule has 3 N–H and O–H groups in total. The van der Waals surface area contributed by atoms with Crippen LogP contribution in [0.1, 0.15) is 168 Å². The first-order valence-corrected chi connectivity index (χ1v) is 20.4. The van der Waals surface area contributed by atoms with E-state index in [4.69, 9.17) is 19.9 Å². The molecule has 0 aliphatic rings. The molecule has 2 aromatic heterocycles. The third-order valence-electron chi connectivity index (χ3n) is 9.09. The fourth-order valence-electron chi connectivity index (χ4n) is 5.88. The van der Waals surface area contributed by atoms with E-state index in [1.54, 1.807) is 0 Å². The molecule has 0 aliphatic heterocycles. The van der Waals surface area contributed by atoms with E-state index in [0.29, 0.717) is 12.8 Å². The maximum atomic E-state index is 12.5. The maximum absolute atomic E-state index is 12.5. The van der Waals surface area contributed by atoms with Crippen LogP contribution in [0.15, 0.2) is 35.4 Å². The van der Waals surface area contributed by atoms with Gasteiger partial charge < -0.3 is 19.9 Å². The number of nitrogens with two attached hydrogens (primary N) is 1. The summed E-state index contributed by atoms with van der Waals surface area (Å²) in [6.07, 6.45) is 36.0. The molecule has 294 valence electrons. The first-order chi connectivity index (χ1) is 25.4. The summed E-state index contributed by atoms with van der Waals surface area (Å²) < 4.78 is 18.6. The van der Waals surface area contributed by atoms with E-state index < -0.39 is 11.7 Å². The van der Waals surface area contributed by atoms with Crippen LogP contribution in [0.5, 0.6) is 0 Å². The quantitative estimate of drug-likeness (QED) is 0.0416. The lowest BCUT2D eigenvalue weighted by molar-refractivity contribution is -0.157. The Bertz CT molecular complexity index is 1280. The van der Waals surface area contributed by atoms with Gasteiger partial charge in [0.2, 0.25) is 5.95 Å². The van der Waals surface area contributed by atoms with Gasteiger partial charge in [-0.2, -0.15) is 4.98 Å². The van der Waals surface area contributed by atoms with Crippen molar-refractivity contribution in [3.05, 3.63) is 41.0 Å². The Morgan fingerprint density at radius 2 is 1.15 bits per heavy atom. The van der Waals surface area contributed by atoms with Gasteiger partial charge in [-0.3, -0.25) is 23.9 Å². The zero-order chi connectivity index (χ0) is 37.5. The number of esters is 2. The van der Waals surface area contributed by atoms with Crippen molar-refractivity contribution < 1.29 is 23.8 Å². The number of allylic oxidation sites excluding steroid dienone is 4. The maximum Gasteiger partial charge on any atom is 0.305 e. The molecule has 0 radical (unpaired) electrons. The van der Waals surface area contributed by atoms with Gasteiger partial charge in [0.1, 0.15) is 26.0 Å². The Balaban J connectivity index is 1.68. The van der Waals surface area contributed by atoms with Crippen molar-refractivity contribution in [2.75, 3.05) is 18.9 Å². The van der Waals surface area contributed by atoms with Crippen LogP contribution < -0.4 is 11.3 Å². The van der Waals surface area contributed by atoms with Gasteiger partial charge in [0.25, 0.3) is 5.56 Å². The summed E-state index contributed by atoms with van der Waals surface area (Å²) in [5.41, 5.74) is 5.67. The van der Waals surface area contributed by atoms with E-state index in [0.717, 1.165) is 64.2 Å². The molecule has 0 unspecified atom stereocenters. The first-order valence-electron chi connectivity index (χ1n) is 20.4. The molecule has 0 bridgehead atoms. The summed E-state index contributed by atoms with van der Waals surface area (Å²) in [4.78, 5) is 47.9. The van der Waals surface area contributed by atoms with Gasteiger partial charge in [-0.15, -0.1) is 0 Å². The van der Waals surface area contributed by atoms with Crippen LogP contribution in [0.3, 0.4) is 0 Å². The highest BCUT2D eigenvalue weighted by atomic mass is 16.6. The largest absolute Gasteiger partial charge is 0.463 e. The number of carbonyl (C=O) groups excluding carboxylic acids is 2. The predicted octanol–water partition coefficient (Wildman–Crippen LogP) is 9.65. The van der Waals surface area contributed by atoms with E-state index >= 15 is 0 Å². The highest BCUT2D eigenvalue weighted by Crippen LogP contribution is 2.13. The van der Waals surface area contributed by atoms with Gasteiger partial charge in [-0.1, -0.05) is 115 Å². The number of nitrogens with zero attached hydrogens (tertiary/aromatic N) is 3. The zero-order valence-electron chi connectivity index (χ0n) is 32.4. The average Bonchev–Trinajstić information content (AvgIpc) is 3.54. The molecule has 11 nitrogen and oxygen atoms in total. The summed E-state index contributed by atoms with van der Waals surface area (Å²) in [6, 6.07) is 0. The molecule has 11 heteroatoms. The lowest BCUT2D eigenvalue weighted by atomic mass is 10.1. The Morgan fingerprint density at radius 3 is 1.63 bits per heavy atom. The van der Waals surface area contributed by atoms with Gasteiger partial charge in [-0.25, -0.2) is 4.98 Å². The van der Waals surface area contributed by atoms with Crippen molar-refractivity contribution in [1.82, 2.24) is 19.5 Å². The van der Waals surface area contributed by atoms with Gasteiger partial charge in [0.15, 0.2) is 11.2 Å². The number of fused-ring (bicyclic) bond motifs is 1. The highest BCUT2D eigenvalue weighted by molar-refractivity contribution is 5.70. The topological polar surface area (TPSA) is 151 Å². The van der Waals surface area contributed by atoms with E-state index in [2.05, 4.69) is 53.1 Å². The normalized spacial score (nSPS) is 11.8. The minimum Gasteiger partial charge on any atom is -0.463 e. The van der Waals surface area contributed by atoms with Crippen molar-refractivity contribution >= 4 is 29.1 Å². The Kier molecular flexibility index (Phi) is 25.8. The number of H-pyrrole nitrogens is 1. The van der Waals surface area contributed by atoms with Gasteiger partial charge in [-0.05, 0) is 64.2 Å². The van der Waals surface area contributed by atoms with Crippen LogP contribution in [0.25, 0.3) is 11.2 Å². The molecular formula is C41H69N5O6. The SMILES string of the molecule is CCCCCC/C=C\CCCCCCCC(=O)OCC(COC(=O)CCCCCCC/C=C\CCCCCC)OCn1cnc2c(=O)[nH]c(N)nc21. The summed E-state index contributed by atoms with van der Waals surface area (Å²) in [5, 5.41) is 0. The van der Waals surface area contributed by atoms with Gasteiger partial charge in [0.05, 0.1) is 6.33 Å². The smallest absolute Gasteiger partial charge is 0.305 e. The van der Waals surface area contributed by atoms with E-state index in [1.807, 2.05) is 0 Å². The number of nitrogen functional groups attached to an aromatic ring is 1. The van der Waals surface area contributed by atoms with E-state index in [9.17, 15) is 14.4 Å². The number of unbranched alkanes of at least 4 members (excludes halogenated alkanes) is 18. The number of nitrogens with one attached hydrogen (secondary N) is 1. The first kappa shape index (κ1) is 44.7. The van der Waals surface area contributed by atoms with Crippen molar-refractivity contribution in [2.45, 2.75) is 181 Å². The second kappa shape index (κ2) is 30.0. The third kappa shape index (κ3) is 21.8. The molecule has 0 amide bonds. The van der Waals surface area contributed by atoms with Crippen molar-refractivity contribution in [2.24, 2.45) is 0 Å². The highest BCUT2D eigenvalue weighted by Gasteiger charge is 2.18. The van der Waals surface area contributed by atoms with E-state index in [1.165, 1.54) is 87.9 Å². The van der Waals surface area contributed by atoms with Crippen molar-refractivity contribution in [3.63, 3.8) is 0 Å². The Hall–Kier alpha value is -3.47. The number of hydrogen-bond acceptors (Lipinski definition) is 9. The molecule has 0 saturated carbocycles. The van der Waals surface area contributed by atoms with Crippen LogP contribution >= 0.6 is 0 Å². The van der Waals surface area contributed by atoms with Crippen LogP contribution in [0.2, 0.25) is 0 Å². The van der Waals surface area contributed by atoms with Crippen molar-refractivity contribution in [3.8, 4) is 0 Å². The number of hydrogen-bond donors (Lipinski definition) is 2. The minimum atomic E-state index is -0.705. The van der Waals surface area contributed by atoms with Gasteiger partial charge in [0, 0.05) is 12.8 Å². The number of imidazole rings is 1. The van der Waals surface area contributed by atoms with E-state index in [-0.39, 0.29) is 49.0 Å². The average molecular weight is 728 g/mol. The Morgan fingerprint density at radius 1 is 0.712 bits per heavy atom. The summed E-state index contributed by atoms with van der Waals surface area (Å²) in [6.45, 7) is 4.30. The lowest BCUT2D eigenvalue weighted by Crippen LogP contribution is -2.29. The molecule has 52 heavy (non-hydrogen) atoms. The molecule has 0 saturated heterocycles. The minimum absolute atomic E-state index is 0.0336.